The molecule has 2 atom stereocenters. The van der Waals surface area contributed by atoms with E-state index in [0.717, 1.165) is 13.0 Å². The molecule has 0 aromatic rings. The molecule has 0 saturated carbocycles. The number of likely N-dealkylation sites (tertiary alicyclic amines) is 1. The van der Waals surface area contributed by atoms with Crippen molar-refractivity contribution in [3.63, 3.8) is 0 Å². The number of hydrogen-bond donors (Lipinski definition) is 1. The molecule has 1 rings (SSSR count). The van der Waals surface area contributed by atoms with Crippen molar-refractivity contribution in [1.82, 2.24) is 4.90 Å². The van der Waals surface area contributed by atoms with Gasteiger partial charge in [-0.1, -0.05) is 0 Å². The van der Waals surface area contributed by atoms with E-state index in [0.29, 0.717) is 18.2 Å². The number of aliphatic hydroxyl groups is 1. The van der Waals surface area contributed by atoms with Crippen LogP contribution in [0.4, 0.5) is 0 Å². The highest BCUT2D eigenvalue weighted by molar-refractivity contribution is 4.87. The molecule has 14 heavy (non-hydrogen) atoms. The summed E-state index contributed by atoms with van der Waals surface area (Å²) in [4.78, 5) is 2.33. The van der Waals surface area contributed by atoms with Crippen molar-refractivity contribution in [3.8, 4) is 0 Å². The largest absolute Gasteiger partial charge is 0.395 e. The van der Waals surface area contributed by atoms with Crippen LogP contribution in [0.3, 0.4) is 0 Å². The predicted molar refractivity (Wildman–Crippen MR) is 57.3 cm³/mol. The summed E-state index contributed by atoms with van der Waals surface area (Å²) in [6, 6.07) is 0.784. The van der Waals surface area contributed by atoms with Crippen LogP contribution in [0, 0.1) is 0 Å². The van der Waals surface area contributed by atoms with Crippen molar-refractivity contribution < 1.29 is 9.84 Å². The Labute approximate surface area is 87.1 Å². The lowest BCUT2D eigenvalue weighted by molar-refractivity contribution is 0.0124. The first kappa shape index (κ1) is 12.0. The molecule has 0 aliphatic carbocycles. The fraction of sp³-hybridized carbons (Fsp3) is 1.00. The molecule has 1 aliphatic rings. The molecule has 0 amide bonds. The number of aliphatic hydroxyl groups excluding tert-OH is 1. The van der Waals surface area contributed by atoms with Gasteiger partial charge in [-0.25, -0.2) is 0 Å². The Bertz CT molecular complexity index is 171. The van der Waals surface area contributed by atoms with Gasteiger partial charge in [-0.05, 0) is 34.1 Å². The van der Waals surface area contributed by atoms with Crippen molar-refractivity contribution in [2.24, 2.45) is 0 Å². The Morgan fingerprint density at radius 1 is 1.36 bits per heavy atom. The van der Waals surface area contributed by atoms with Gasteiger partial charge in [0.15, 0.2) is 0 Å². The van der Waals surface area contributed by atoms with E-state index in [-0.39, 0.29) is 12.7 Å². The minimum Gasteiger partial charge on any atom is -0.395 e. The Kier molecular flexibility index (Phi) is 4.35. The molecule has 0 bridgehead atoms. The molecular formula is C11H23NO2. The summed E-state index contributed by atoms with van der Waals surface area (Å²) in [5.41, 5.74) is 0. The predicted octanol–water partition coefficient (Wildman–Crippen LogP) is 1.26. The monoisotopic (exact) mass is 201 g/mol. The zero-order valence-corrected chi connectivity index (χ0v) is 9.73. The number of ether oxygens (including phenoxy) is 1. The zero-order valence-electron chi connectivity index (χ0n) is 9.73. The summed E-state index contributed by atoms with van der Waals surface area (Å²) in [5, 5.41) is 9.24. The van der Waals surface area contributed by atoms with Crippen molar-refractivity contribution >= 4 is 0 Å². The lowest BCUT2D eigenvalue weighted by atomic mass is 10.2. The molecule has 1 heterocycles. The van der Waals surface area contributed by atoms with Gasteiger partial charge in [0.1, 0.15) is 0 Å². The van der Waals surface area contributed by atoms with Crippen LogP contribution in [0.25, 0.3) is 0 Å². The average Bonchev–Trinajstić information content (AvgIpc) is 2.46. The van der Waals surface area contributed by atoms with Crippen LogP contribution in [0.15, 0.2) is 0 Å². The van der Waals surface area contributed by atoms with Gasteiger partial charge in [-0.2, -0.15) is 0 Å². The second kappa shape index (κ2) is 5.10. The first-order chi connectivity index (χ1) is 6.54. The maximum atomic E-state index is 9.24. The van der Waals surface area contributed by atoms with E-state index >= 15 is 0 Å². The van der Waals surface area contributed by atoms with E-state index in [9.17, 15) is 5.11 Å². The van der Waals surface area contributed by atoms with Crippen LogP contribution in [-0.2, 0) is 4.74 Å². The lowest BCUT2D eigenvalue weighted by Crippen LogP contribution is -2.38. The minimum atomic E-state index is 0.246. The van der Waals surface area contributed by atoms with Crippen LogP contribution < -0.4 is 0 Å². The number of hydrogen-bond acceptors (Lipinski definition) is 3. The highest BCUT2D eigenvalue weighted by Crippen LogP contribution is 2.23. The molecule has 0 aromatic heterocycles. The number of rotatable bonds is 4. The van der Waals surface area contributed by atoms with E-state index in [1.54, 1.807) is 0 Å². The average molecular weight is 201 g/mol. The third kappa shape index (κ3) is 2.94. The van der Waals surface area contributed by atoms with Gasteiger partial charge < -0.3 is 9.84 Å². The van der Waals surface area contributed by atoms with Crippen molar-refractivity contribution in [3.05, 3.63) is 0 Å². The van der Waals surface area contributed by atoms with Crippen molar-refractivity contribution in [2.75, 3.05) is 13.2 Å². The summed E-state index contributed by atoms with van der Waals surface area (Å²) >= 11 is 0. The second-order valence-corrected chi connectivity index (χ2v) is 4.67. The third-order valence-corrected chi connectivity index (χ3v) is 2.76. The minimum absolute atomic E-state index is 0.246. The Morgan fingerprint density at radius 3 is 2.36 bits per heavy atom. The molecule has 84 valence electrons. The highest BCUT2D eigenvalue weighted by atomic mass is 16.5. The smallest absolute Gasteiger partial charge is 0.0721 e. The standard InChI is InChI=1S/C11H23NO2/c1-8(2)12-6-11(14-9(3)4)5-10(12)7-13/h8-11,13H,5-7H2,1-4H3/t10-,11+/m0/s1. The Morgan fingerprint density at radius 2 is 2.00 bits per heavy atom. The maximum absolute atomic E-state index is 9.24. The second-order valence-electron chi connectivity index (χ2n) is 4.67. The lowest BCUT2D eigenvalue weighted by Gasteiger charge is -2.26. The number of nitrogens with zero attached hydrogens (tertiary/aromatic N) is 1. The molecule has 1 aliphatic heterocycles. The summed E-state index contributed by atoms with van der Waals surface area (Å²) in [6.45, 7) is 9.66. The fourth-order valence-corrected chi connectivity index (χ4v) is 2.19. The normalized spacial score (nSPS) is 29.4. The van der Waals surface area contributed by atoms with Crippen molar-refractivity contribution in [2.45, 2.75) is 58.4 Å². The van der Waals surface area contributed by atoms with E-state index < -0.39 is 0 Å². The quantitative estimate of drug-likeness (QED) is 0.743. The van der Waals surface area contributed by atoms with Crippen LogP contribution >= 0.6 is 0 Å². The first-order valence-electron chi connectivity index (χ1n) is 5.56. The summed E-state index contributed by atoms with van der Waals surface area (Å²) in [5.74, 6) is 0. The highest BCUT2D eigenvalue weighted by Gasteiger charge is 2.33. The first-order valence-corrected chi connectivity index (χ1v) is 5.56. The van der Waals surface area contributed by atoms with E-state index in [1.165, 1.54) is 0 Å². The van der Waals surface area contributed by atoms with E-state index in [1.807, 2.05) is 0 Å². The van der Waals surface area contributed by atoms with Gasteiger partial charge in [0, 0.05) is 18.6 Å². The summed E-state index contributed by atoms with van der Waals surface area (Å²) in [6.07, 6.45) is 1.55. The Balaban J connectivity index is 2.47. The SMILES string of the molecule is CC(C)O[C@@H]1C[C@@H](CO)N(C(C)C)C1. The van der Waals surface area contributed by atoms with E-state index in [4.69, 9.17) is 4.74 Å². The van der Waals surface area contributed by atoms with Crippen LogP contribution in [0.2, 0.25) is 0 Å². The van der Waals surface area contributed by atoms with Crippen LogP contribution in [-0.4, -0.2) is 47.4 Å². The summed E-state index contributed by atoms with van der Waals surface area (Å²) < 4.78 is 5.77. The molecule has 1 saturated heterocycles. The van der Waals surface area contributed by atoms with Gasteiger partial charge in [-0.15, -0.1) is 0 Å². The summed E-state index contributed by atoms with van der Waals surface area (Å²) in [7, 11) is 0. The third-order valence-electron chi connectivity index (χ3n) is 2.76. The van der Waals surface area contributed by atoms with Gasteiger partial charge >= 0.3 is 0 Å². The van der Waals surface area contributed by atoms with Gasteiger partial charge in [0.25, 0.3) is 0 Å². The molecule has 3 heteroatoms. The molecular weight excluding hydrogens is 178 g/mol. The Hall–Kier alpha value is -0.120. The van der Waals surface area contributed by atoms with Gasteiger partial charge in [0.05, 0.1) is 18.8 Å². The molecule has 3 nitrogen and oxygen atoms in total. The van der Waals surface area contributed by atoms with Crippen LogP contribution in [0.5, 0.6) is 0 Å². The van der Waals surface area contributed by atoms with Crippen LogP contribution in [0.1, 0.15) is 34.1 Å². The van der Waals surface area contributed by atoms with Crippen molar-refractivity contribution in [1.29, 1.82) is 0 Å². The molecule has 0 aromatic carbocycles. The molecule has 1 N–H and O–H groups in total. The molecule has 1 fully saturated rings. The van der Waals surface area contributed by atoms with Gasteiger partial charge in [-0.3, -0.25) is 4.90 Å². The molecule has 0 radical (unpaired) electrons. The zero-order chi connectivity index (χ0) is 10.7. The fourth-order valence-electron chi connectivity index (χ4n) is 2.19. The molecule has 0 spiro atoms. The van der Waals surface area contributed by atoms with E-state index in [2.05, 4.69) is 32.6 Å². The molecule has 0 unspecified atom stereocenters. The maximum Gasteiger partial charge on any atom is 0.0721 e. The topological polar surface area (TPSA) is 32.7 Å². The van der Waals surface area contributed by atoms with Gasteiger partial charge in [0.2, 0.25) is 0 Å².